The highest BCUT2D eigenvalue weighted by Crippen LogP contribution is 2.36. The molecule has 0 aromatic heterocycles. The van der Waals surface area contributed by atoms with Gasteiger partial charge in [-0.05, 0) is 24.0 Å². The molecule has 0 unspecified atom stereocenters. The van der Waals surface area contributed by atoms with Crippen LogP contribution in [0.1, 0.15) is 19.4 Å². The van der Waals surface area contributed by atoms with Crippen LogP contribution in [0.15, 0.2) is 18.2 Å². The first-order valence-electron chi connectivity index (χ1n) is 5.51. The zero-order chi connectivity index (χ0) is 13.1. The molecule has 0 nitrogen and oxygen atoms in total. The molecule has 0 aliphatic carbocycles. The van der Waals surface area contributed by atoms with Crippen molar-refractivity contribution in [1.82, 2.24) is 0 Å². The van der Waals surface area contributed by atoms with Crippen LogP contribution < -0.4 is 0 Å². The van der Waals surface area contributed by atoms with E-state index in [1.165, 1.54) is 0 Å². The molecule has 0 fully saturated rings. The molecule has 0 atom stereocenters. The van der Waals surface area contributed by atoms with Crippen LogP contribution in [0.4, 0.5) is 4.39 Å². The van der Waals surface area contributed by atoms with E-state index in [4.69, 9.17) is 34.8 Å². The van der Waals surface area contributed by atoms with Gasteiger partial charge < -0.3 is 0 Å². The first-order chi connectivity index (χ1) is 7.96. The van der Waals surface area contributed by atoms with Crippen LogP contribution in [0.5, 0.6) is 0 Å². The van der Waals surface area contributed by atoms with E-state index in [9.17, 15) is 4.39 Å². The van der Waals surface area contributed by atoms with Crippen LogP contribution in [0, 0.1) is 17.2 Å². The normalized spacial score (nSPS) is 12.2. The van der Waals surface area contributed by atoms with E-state index < -0.39 is 0 Å². The molecular formula is C13H16Cl3F. The monoisotopic (exact) mass is 296 g/mol. The first-order valence-corrected chi connectivity index (χ1v) is 6.96. The Morgan fingerprint density at radius 1 is 1.24 bits per heavy atom. The summed E-state index contributed by atoms with van der Waals surface area (Å²) >= 11 is 17.8. The summed E-state index contributed by atoms with van der Waals surface area (Å²) in [4.78, 5) is 0. The molecule has 0 saturated heterocycles. The third-order valence-corrected chi connectivity index (χ3v) is 4.69. The highest BCUT2D eigenvalue weighted by atomic mass is 35.5. The molecule has 4 heteroatoms. The van der Waals surface area contributed by atoms with E-state index in [1.807, 2.05) is 13.8 Å². The molecule has 0 bridgehead atoms. The van der Waals surface area contributed by atoms with Crippen LogP contribution in [0.25, 0.3) is 0 Å². The molecule has 0 N–H and O–H groups in total. The fraction of sp³-hybridized carbons (Fsp3) is 0.538. The lowest BCUT2D eigenvalue weighted by molar-refractivity contribution is 0.256. The highest BCUT2D eigenvalue weighted by Gasteiger charge is 2.33. The Labute approximate surface area is 117 Å². The van der Waals surface area contributed by atoms with E-state index in [-0.39, 0.29) is 22.2 Å². The van der Waals surface area contributed by atoms with Crippen molar-refractivity contribution in [2.24, 2.45) is 11.3 Å². The standard InChI is InChI=1S/C13H16Cl3F/c1-9(2)13(7-14,8-15)6-10-4-3-5-11(16)12(10)17/h3-5,9H,6-8H2,1-2H3. The maximum atomic E-state index is 13.8. The summed E-state index contributed by atoms with van der Waals surface area (Å²) in [6.45, 7) is 4.10. The highest BCUT2D eigenvalue weighted by molar-refractivity contribution is 6.30. The van der Waals surface area contributed by atoms with Gasteiger partial charge in [0.25, 0.3) is 0 Å². The van der Waals surface area contributed by atoms with Crippen LogP contribution in [-0.4, -0.2) is 11.8 Å². The minimum Gasteiger partial charge on any atom is -0.205 e. The van der Waals surface area contributed by atoms with Gasteiger partial charge in [-0.3, -0.25) is 0 Å². The largest absolute Gasteiger partial charge is 0.205 e. The number of alkyl halides is 2. The van der Waals surface area contributed by atoms with Gasteiger partial charge in [-0.2, -0.15) is 0 Å². The summed E-state index contributed by atoms with van der Waals surface area (Å²) in [5.41, 5.74) is 0.279. The van der Waals surface area contributed by atoms with Gasteiger partial charge in [-0.25, -0.2) is 4.39 Å². The van der Waals surface area contributed by atoms with Gasteiger partial charge in [0.05, 0.1) is 5.02 Å². The van der Waals surface area contributed by atoms with E-state index in [1.54, 1.807) is 18.2 Å². The van der Waals surface area contributed by atoms with E-state index in [0.29, 0.717) is 23.7 Å². The number of halogens is 4. The lowest BCUT2D eigenvalue weighted by Gasteiger charge is -2.34. The Hall–Kier alpha value is 0.0200. The number of hydrogen-bond acceptors (Lipinski definition) is 0. The number of benzene rings is 1. The molecule has 0 radical (unpaired) electrons. The minimum absolute atomic E-state index is 0.143. The minimum atomic E-state index is -0.366. The Balaban J connectivity index is 3.06. The van der Waals surface area contributed by atoms with Gasteiger partial charge in [-0.15, -0.1) is 23.2 Å². The summed E-state index contributed by atoms with van der Waals surface area (Å²) in [6, 6.07) is 5.02. The zero-order valence-electron chi connectivity index (χ0n) is 9.94. The van der Waals surface area contributed by atoms with Gasteiger partial charge in [0.1, 0.15) is 5.82 Å². The second kappa shape index (κ2) is 6.26. The maximum absolute atomic E-state index is 13.8. The summed E-state index contributed by atoms with van der Waals surface area (Å²) < 4.78 is 13.8. The Morgan fingerprint density at radius 3 is 2.29 bits per heavy atom. The number of rotatable bonds is 5. The lowest BCUT2D eigenvalue weighted by atomic mass is 9.76. The van der Waals surface area contributed by atoms with Crippen molar-refractivity contribution >= 4 is 34.8 Å². The van der Waals surface area contributed by atoms with Crippen molar-refractivity contribution in [3.8, 4) is 0 Å². The van der Waals surface area contributed by atoms with Crippen molar-refractivity contribution in [3.05, 3.63) is 34.6 Å². The Morgan fingerprint density at radius 2 is 1.82 bits per heavy atom. The molecule has 1 rings (SSSR count). The molecule has 1 aromatic carbocycles. The molecule has 96 valence electrons. The van der Waals surface area contributed by atoms with E-state index in [2.05, 4.69) is 0 Å². The van der Waals surface area contributed by atoms with Gasteiger partial charge >= 0.3 is 0 Å². The zero-order valence-corrected chi connectivity index (χ0v) is 12.2. The predicted molar refractivity (Wildman–Crippen MR) is 73.8 cm³/mol. The second-order valence-corrected chi connectivity index (χ2v) is 5.62. The van der Waals surface area contributed by atoms with Crippen LogP contribution in [0.2, 0.25) is 5.02 Å². The third kappa shape index (κ3) is 3.27. The van der Waals surface area contributed by atoms with Gasteiger partial charge in [-0.1, -0.05) is 37.6 Å². The van der Waals surface area contributed by atoms with Crippen molar-refractivity contribution in [1.29, 1.82) is 0 Å². The van der Waals surface area contributed by atoms with E-state index in [0.717, 1.165) is 0 Å². The fourth-order valence-corrected chi connectivity index (χ4v) is 2.99. The van der Waals surface area contributed by atoms with Crippen LogP contribution >= 0.6 is 34.8 Å². The molecule has 0 saturated carbocycles. The third-order valence-electron chi connectivity index (χ3n) is 3.33. The van der Waals surface area contributed by atoms with Crippen LogP contribution in [0.3, 0.4) is 0 Å². The number of hydrogen-bond donors (Lipinski definition) is 0. The SMILES string of the molecule is CC(C)C(CCl)(CCl)Cc1cccc(Cl)c1F. The Bertz CT molecular complexity index is 373. The average molecular weight is 298 g/mol. The predicted octanol–water partition coefficient (Wildman–Crippen LogP) is 5.14. The first kappa shape index (κ1) is 15.1. The molecule has 0 amide bonds. The fourth-order valence-electron chi connectivity index (χ4n) is 1.71. The smallest absolute Gasteiger partial charge is 0.144 e. The van der Waals surface area contributed by atoms with Crippen molar-refractivity contribution in [3.63, 3.8) is 0 Å². The summed E-state index contributed by atoms with van der Waals surface area (Å²) in [5, 5.41) is 0.143. The van der Waals surface area contributed by atoms with Gasteiger partial charge in [0, 0.05) is 17.2 Å². The molecular weight excluding hydrogens is 281 g/mol. The summed E-state index contributed by atoms with van der Waals surface area (Å²) in [6.07, 6.45) is 0.504. The molecule has 0 aliphatic heterocycles. The quantitative estimate of drug-likeness (QED) is 0.660. The van der Waals surface area contributed by atoms with Gasteiger partial charge in [0.2, 0.25) is 0 Å². The van der Waals surface area contributed by atoms with Crippen molar-refractivity contribution in [2.75, 3.05) is 11.8 Å². The van der Waals surface area contributed by atoms with Crippen LogP contribution in [-0.2, 0) is 6.42 Å². The van der Waals surface area contributed by atoms with Gasteiger partial charge in [0.15, 0.2) is 0 Å². The lowest BCUT2D eigenvalue weighted by Crippen LogP contribution is -2.34. The molecule has 0 aliphatic rings. The molecule has 1 aromatic rings. The average Bonchev–Trinajstić information content (AvgIpc) is 2.31. The van der Waals surface area contributed by atoms with Crippen molar-refractivity contribution in [2.45, 2.75) is 20.3 Å². The summed E-state index contributed by atoms with van der Waals surface area (Å²) in [5.74, 6) is 0.713. The van der Waals surface area contributed by atoms with E-state index >= 15 is 0 Å². The molecule has 17 heavy (non-hydrogen) atoms. The molecule has 0 spiro atoms. The molecule has 0 heterocycles. The Kier molecular flexibility index (Phi) is 5.56. The topological polar surface area (TPSA) is 0 Å². The summed E-state index contributed by atoms with van der Waals surface area (Å²) in [7, 11) is 0. The van der Waals surface area contributed by atoms with Crippen molar-refractivity contribution < 1.29 is 4.39 Å². The second-order valence-electron chi connectivity index (χ2n) is 4.67. The maximum Gasteiger partial charge on any atom is 0.144 e.